The van der Waals surface area contributed by atoms with Gasteiger partial charge in [0.1, 0.15) is 17.8 Å². The predicted octanol–water partition coefficient (Wildman–Crippen LogP) is 4.67. The summed E-state index contributed by atoms with van der Waals surface area (Å²) in [6, 6.07) is -3.21. The Kier molecular flexibility index (Phi) is 6.52. The first-order chi connectivity index (χ1) is 13.2. The Hall–Kier alpha value is -2.28. The molecule has 0 amide bonds. The summed E-state index contributed by atoms with van der Waals surface area (Å²) in [6.45, 7) is 1.53. The van der Waals surface area contributed by atoms with Gasteiger partial charge in [-0.15, -0.1) is 0 Å². The first-order valence-corrected chi connectivity index (χ1v) is 8.42. The third kappa shape index (κ3) is 5.85. The highest BCUT2D eigenvalue weighted by atomic mass is 35.5. The normalized spacial score (nSPS) is 14.4. The molecule has 0 bridgehead atoms. The van der Waals surface area contributed by atoms with Crippen LogP contribution in [0.25, 0.3) is 11.5 Å². The molecule has 2 atom stereocenters. The molecule has 2 heterocycles. The van der Waals surface area contributed by atoms with Gasteiger partial charge in [-0.05, 0) is 19.9 Å². The summed E-state index contributed by atoms with van der Waals surface area (Å²) in [7, 11) is 0. The number of anilines is 2. The Balaban J connectivity index is 2.52. The number of nitrogens with one attached hydrogen (secondary N) is 2. The molecular formula is C14H12Cl2F6N6O. The highest BCUT2D eigenvalue weighted by Crippen LogP contribution is 2.33. The number of hydrogen-bond acceptors (Lipinski definition) is 7. The van der Waals surface area contributed by atoms with Crippen molar-refractivity contribution in [3.8, 4) is 17.3 Å². The molecule has 0 aliphatic rings. The number of alkyl halides is 6. The van der Waals surface area contributed by atoms with Crippen LogP contribution in [0.3, 0.4) is 0 Å². The molecular weight excluding hydrogens is 453 g/mol. The second-order valence-electron chi connectivity index (χ2n) is 5.75. The third-order valence-corrected chi connectivity index (χ3v) is 3.99. The maximum absolute atomic E-state index is 12.8. The molecule has 0 aliphatic heterocycles. The first-order valence-electron chi connectivity index (χ1n) is 7.66. The Morgan fingerprint density at radius 3 is 1.69 bits per heavy atom. The topological polar surface area (TPSA) is 95.9 Å². The van der Waals surface area contributed by atoms with Crippen LogP contribution in [0.2, 0.25) is 10.2 Å². The van der Waals surface area contributed by atoms with Crippen LogP contribution >= 0.6 is 23.2 Å². The van der Waals surface area contributed by atoms with Crippen molar-refractivity contribution in [1.29, 1.82) is 0 Å². The largest absolute Gasteiger partial charge is 0.504 e. The standard InChI is InChI=1S/C14H12Cl2F6N6O/c1-4(13(17,18)19)23-11-26-10(7-3-6(15)8(29)9(16)25-7)27-12(28-11)24-5(2)14(20,21)22/h3-5,29H,1-2H3,(H2,23,24,26,27,28)/t4-,5-/m1/s1. The smallest absolute Gasteiger partial charge is 0.408 e. The van der Waals surface area contributed by atoms with E-state index in [4.69, 9.17) is 23.2 Å². The van der Waals surface area contributed by atoms with E-state index in [-0.39, 0.29) is 10.7 Å². The number of aromatic hydroxyl groups is 1. The zero-order chi connectivity index (χ0) is 22.1. The van der Waals surface area contributed by atoms with E-state index in [1.165, 1.54) is 0 Å². The number of aromatic nitrogens is 4. The maximum Gasteiger partial charge on any atom is 0.408 e. The molecule has 7 nitrogen and oxygen atoms in total. The number of pyridine rings is 1. The summed E-state index contributed by atoms with van der Waals surface area (Å²) in [4.78, 5) is 14.7. The van der Waals surface area contributed by atoms with Gasteiger partial charge in [-0.1, -0.05) is 23.2 Å². The highest BCUT2D eigenvalue weighted by Gasteiger charge is 2.38. The fourth-order valence-electron chi connectivity index (χ4n) is 1.76. The number of nitrogens with zero attached hydrogens (tertiary/aromatic N) is 4. The SMILES string of the molecule is C[C@@H](Nc1nc(N[C@H](C)C(F)(F)F)nc(-c2cc(Cl)c(O)c(Cl)n2)n1)C(F)(F)F. The quantitative estimate of drug-likeness (QED) is 0.436. The molecule has 2 aromatic heterocycles. The Morgan fingerprint density at radius 2 is 1.31 bits per heavy atom. The summed E-state index contributed by atoms with van der Waals surface area (Å²) < 4.78 is 76.8. The van der Waals surface area contributed by atoms with Crippen LogP contribution in [0, 0.1) is 0 Å². The van der Waals surface area contributed by atoms with Gasteiger partial charge in [0, 0.05) is 0 Å². The molecule has 0 radical (unpaired) electrons. The third-order valence-electron chi connectivity index (χ3n) is 3.44. The summed E-state index contributed by atoms with van der Waals surface area (Å²) in [5, 5.41) is 12.7. The van der Waals surface area contributed by atoms with Crippen molar-refractivity contribution >= 4 is 35.1 Å². The van der Waals surface area contributed by atoms with Crippen molar-refractivity contribution in [3.63, 3.8) is 0 Å². The van der Waals surface area contributed by atoms with Crippen LogP contribution in [-0.4, -0.2) is 49.5 Å². The van der Waals surface area contributed by atoms with Crippen LogP contribution in [0.5, 0.6) is 5.75 Å². The van der Waals surface area contributed by atoms with Crippen LogP contribution in [0.15, 0.2) is 6.07 Å². The van der Waals surface area contributed by atoms with Gasteiger partial charge in [-0.25, -0.2) is 4.98 Å². The lowest BCUT2D eigenvalue weighted by Gasteiger charge is -2.20. The van der Waals surface area contributed by atoms with E-state index < -0.39 is 53.1 Å². The molecule has 0 saturated carbocycles. The minimum atomic E-state index is -4.68. The van der Waals surface area contributed by atoms with Gasteiger partial charge in [0.05, 0.1) is 5.02 Å². The van der Waals surface area contributed by atoms with Gasteiger partial charge in [0.2, 0.25) is 11.9 Å². The molecule has 0 unspecified atom stereocenters. The minimum Gasteiger partial charge on any atom is -0.504 e. The van der Waals surface area contributed by atoms with E-state index in [0.717, 1.165) is 19.9 Å². The molecule has 3 N–H and O–H groups in total. The highest BCUT2D eigenvalue weighted by molar-refractivity contribution is 6.36. The number of rotatable bonds is 5. The van der Waals surface area contributed by atoms with E-state index in [0.29, 0.717) is 0 Å². The van der Waals surface area contributed by atoms with Crippen molar-refractivity contribution in [2.24, 2.45) is 0 Å². The molecule has 2 rings (SSSR count). The number of halogens is 8. The Morgan fingerprint density at radius 1 is 0.862 bits per heavy atom. The summed E-state index contributed by atoms with van der Waals surface area (Å²) >= 11 is 11.5. The number of hydrogen-bond donors (Lipinski definition) is 3. The van der Waals surface area contributed by atoms with Gasteiger partial charge >= 0.3 is 12.4 Å². The molecule has 0 fully saturated rings. The van der Waals surface area contributed by atoms with E-state index in [2.05, 4.69) is 19.9 Å². The molecule has 160 valence electrons. The summed E-state index contributed by atoms with van der Waals surface area (Å²) in [6.07, 6.45) is -9.36. The lowest BCUT2D eigenvalue weighted by molar-refractivity contribution is -0.139. The molecule has 15 heteroatoms. The van der Waals surface area contributed by atoms with Crippen molar-refractivity contribution < 1.29 is 31.4 Å². The van der Waals surface area contributed by atoms with Gasteiger partial charge in [0.15, 0.2) is 16.7 Å². The summed E-state index contributed by atoms with van der Waals surface area (Å²) in [5.41, 5.74) is -0.217. The van der Waals surface area contributed by atoms with E-state index in [1.807, 2.05) is 10.6 Å². The van der Waals surface area contributed by atoms with Gasteiger partial charge in [-0.2, -0.15) is 41.3 Å². The van der Waals surface area contributed by atoms with Crippen LogP contribution < -0.4 is 10.6 Å². The second kappa shape index (κ2) is 8.22. The summed E-state index contributed by atoms with van der Waals surface area (Å²) in [5.74, 6) is -2.34. The average Bonchev–Trinajstić information content (AvgIpc) is 2.57. The van der Waals surface area contributed by atoms with Gasteiger partial charge < -0.3 is 15.7 Å². The molecule has 2 aromatic rings. The van der Waals surface area contributed by atoms with E-state index in [1.54, 1.807) is 0 Å². The lowest BCUT2D eigenvalue weighted by Crippen LogP contribution is -2.35. The van der Waals surface area contributed by atoms with Crippen LogP contribution in [0.4, 0.5) is 38.2 Å². The van der Waals surface area contributed by atoms with Crippen molar-refractivity contribution in [2.75, 3.05) is 10.6 Å². The maximum atomic E-state index is 12.8. The Bertz CT molecular complexity index is 831. The molecule has 0 spiro atoms. The van der Waals surface area contributed by atoms with E-state index in [9.17, 15) is 31.4 Å². The molecule has 0 aromatic carbocycles. The zero-order valence-electron chi connectivity index (χ0n) is 14.5. The first kappa shape index (κ1) is 23.0. The minimum absolute atomic E-state index is 0.217. The van der Waals surface area contributed by atoms with Gasteiger partial charge in [-0.3, -0.25) is 0 Å². The van der Waals surface area contributed by atoms with Crippen molar-refractivity contribution in [3.05, 3.63) is 16.2 Å². The van der Waals surface area contributed by atoms with Crippen molar-refractivity contribution in [1.82, 2.24) is 19.9 Å². The fraction of sp³-hybridized carbons (Fsp3) is 0.429. The van der Waals surface area contributed by atoms with Crippen molar-refractivity contribution in [2.45, 2.75) is 38.3 Å². The monoisotopic (exact) mass is 464 g/mol. The molecule has 0 saturated heterocycles. The van der Waals surface area contributed by atoms with Gasteiger partial charge in [0.25, 0.3) is 0 Å². The second-order valence-corrected chi connectivity index (χ2v) is 6.52. The predicted molar refractivity (Wildman–Crippen MR) is 93.0 cm³/mol. The molecule has 29 heavy (non-hydrogen) atoms. The average molecular weight is 465 g/mol. The van der Waals surface area contributed by atoms with Crippen LogP contribution in [-0.2, 0) is 0 Å². The molecule has 0 aliphatic carbocycles. The lowest BCUT2D eigenvalue weighted by atomic mass is 10.3. The fourth-order valence-corrected chi connectivity index (χ4v) is 2.20. The van der Waals surface area contributed by atoms with E-state index >= 15 is 0 Å². The zero-order valence-corrected chi connectivity index (χ0v) is 16.0. The Labute approximate surface area is 169 Å². The van der Waals surface area contributed by atoms with Crippen LogP contribution in [0.1, 0.15) is 13.8 Å².